The molecule has 2 N–H and O–H groups in total. The SMILES string of the molecule is CC1(c2ncc(CNC3CC3)[nH]2)CC1. The minimum absolute atomic E-state index is 0.373. The predicted octanol–water partition coefficient (Wildman–Crippen LogP) is 1.71. The lowest BCUT2D eigenvalue weighted by atomic mass is 10.1. The van der Waals surface area contributed by atoms with Crippen molar-refractivity contribution in [1.29, 1.82) is 0 Å². The first-order valence-corrected chi connectivity index (χ1v) is 5.54. The molecule has 1 heterocycles. The van der Waals surface area contributed by atoms with Gasteiger partial charge in [-0.15, -0.1) is 0 Å². The monoisotopic (exact) mass is 191 g/mol. The van der Waals surface area contributed by atoms with Crippen molar-refractivity contribution in [2.24, 2.45) is 0 Å². The second-order valence-electron chi connectivity index (χ2n) is 4.97. The minimum atomic E-state index is 0.373. The zero-order valence-electron chi connectivity index (χ0n) is 8.64. The van der Waals surface area contributed by atoms with Gasteiger partial charge in [-0.05, 0) is 25.7 Å². The summed E-state index contributed by atoms with van der Waals surface area (Å²) >= 11 is 0. The van der Waals surface area contributed by atoms with Crippen LogP contribution in [0.4, 0.5) is 0 Å². The maximum absolute atomic E-state index is 4.45. The van der Waals surface area contributed by atoms with Crippen LogP contribution in [-0.4, -0.2) is 16.0 Å². The summed E-state index contributed by atoms with van der Waals surface area (Å²) < 4.78 is 0. The number of nitrogens with zero attached hydrogens (tertiary/aromatic N) is 1. The van der Waals surface area contributed by atoms with E-state index in [1.165, 1.54) is 37.2 Å². The smallest absolute Gasteiger partial charge is 0.112 e. The second kappa shape index (κ2) is 2.83. The Bertz CT molecular complexity index is 334. The molecule has 76 valence electrons. The Kier molecular flexibility index (Phi) is 1.71. The van der Waals surface area contributed by atoms with E-state index in [1.54, 1.807) is 0 Å². The zero-order valence-corrected chi connectivity index (χ0v) is 8.64. The summed E-state index contributed by atoms with van der Waals surface area (Å²) in [5, 5.41) is 3.49. The summed E-state index contributed by atoms with van der Waals surface area (Å²) in [4.78, 5) is 7.88. The van der Waals surface area contributed by atoms with Crippen molar-refractivity contribution in [3.8, 4) is 0 Å². The third-order valence-electron chi connectivity index (χ3n) is 3.36. The van der Waals surface area contributed by atoms with E-state index in [-0.39, 0.29) is 0 Å². The summed E-state index contributed by atoms with van der Waals surface area (Å²) in [7, 11) is 0. The summed E-state index contributed by atoms with van der Waals surface area (Å²) in [5.74, 6) is 1.19. The molecule has 2 aliphatic carbocycles. The fraction of sp³-hybridized carbons (Fsp3) is 0.727. The van der Waals surface area contributed by atoms with Gasteiger partial charge in [0.15, 0.2) is 0 Å². The lowest BCUT2D eigenvalue weighted by molar-refractivity contribution is 0.667. The van der Waals surface area contributed by atoms with E-state index in [4.69, 9.17) is 0 Å². The van der Waals surface area contributed by atoms with Crippen molar-refractivity contribution < 1.29 is 0 Å². The highest BCUT2D eigenvalue weighted by atomic mass is 15.0. The van der Waals surface area contributed by atoms with E-state index < -0.39 is 0 Å². The average Bonchev–Trinajstić information content (AvgIpc) is 3.08. The third kappa shape index (κ3) is 1.57. The quantitative estimate of drug-likeness (QED) is 0.760. The molecule has 0 bridgehead atoms. The van der Waals surface area contributed by atoms with Gasteiger partial charge < -0.3 is 10.3 Å². The molecule has 2 saturated carbocycles. The number of hydrogen-bond acceptors (Lipinski definition) is 2. The van der Waals surface area contributed by atoms with Gasteiger partial charge in [0, 0.05) is 29.9 Å². The molecule has 1 aromatic rings. The van der Waals surface area contributed by atoms with Crippen LogP contribution in [-0.2, 0) is 12.0 Å². The molecule has 0 aromatic carbocycles. The van der Waals surface area contributed by atoms with Gasteiger partial charge in [0.25, 0.3) is 0 Å². The van der Waals surface area contributed by atoms with Gasteiger partial charge in [-0.2, -0.15) is 0 Å². The van der Waals surface area contributed by atoms with Crippen LogP contribution in [0.5, 0.6) is 0 Å². The minimum Gasteiger partial charge on any atom is -0.344 e. The highest BCUT2D eigenvalue weighted by Gasteiger charge is 2.41. The maximum Gasteiger partial charge on any atom is 0.112 e. The summed E-state index contributed by atoms with van der Waals surface area (Å²) in [6.07, 6.45) is 7.25. The third-order valence-corrected chi connectivity index (χ3v) is 3.36. The first-order chi connectivity index (χ1) is 6.76. The highest BCUT2D eigenvalue weighted by molar-refractivity contribution is 5.18. The topological polar surface area (TPSA) is 40.7 Å². The molecule has 0 amide bonds. The van der Waals surface area contributed by atoms with Crippen molar-refractivity contribution in [3.63, 3.8) is 0 Å². The number of rotatable bonds is 4. The van der Waals surface area contributed by atoms with Crippen molar-refractivity contribution in [2.45, 2.75) is 50.6 Å². The predicted molar refractivity (Wildman–Crippen MR) is 55.0 cm³/mol. The maximum atomic E-state index is 4.45. The van der Waals surface area contributed by atoms with Gasteiger partial charge in [0.1, 0.15) is 5.82 Å². The molecule has 0 atom stereocenters. The standard InChI is InChI=1S/C11H17N3/c1-11(4-5-11)10-13-7-9(14-10)6-12-8-2-3-8/h7-8,12H,2-6H2,1H3,(H,13,14). The molecule has 2 fully saturated rings. The molecule has 14 heavy (non-hydrogen) atoms. The number of nitrogens with one attached hydrogen (secondary N) is 2. The van der Waals surface area contributed by atoms with Gasteiger partial charge in [-0.1, -0.05) is 6.92 Å². The number of hydrogen-bond donors (Lipinski definition) is 2. The molecule has 1 aromatic heterocycles. The van der Waals surface area contributed by atoms with Crippen molar-refractivity contribution >= 4 is 0 Å². The second-order valence-corrected chi connectivity index (χ2v) is 4.97. The van der Waals surface area contributed by atoms with Gasteiger partial charge >= 0.3 is 0 Å². The van der Waals surface area contributed by atoms with Gasteiger partial charge in [0.05, 0.1) is 0 Å². The Morgan fingerprint density at radius 2 is 2.36 bits per heavy atom. The van der Waals surface area contributed by atoms with Crippen LogP contribution in [0.3, 0.4) is 0 Å². The zero-order chi connectivity index (χ0) is 9.60. The number of aromatic amines is 1. The number of H-pyrrole nitrogens is 1. The largest absolute Gasteiger partial charge is 0.344 e. The van der Waals surface area contributed by atoms with Gasteiger partial charge in [-0.25, -0.2) is 4.98 Å². The molecule has 3 rings (SSSR count). The van der Waals surface area contributed by atoms with Crippen LogP contribution in [0.15, 0.2) is 6.20 Å². The van der Waals surface area contributed by atoms with Crippen molar-refractivity contribution in [2.75, 3.05) is 0 Å². The Hall–Kier alpha value is -0.830. The van der Waals surface area contributed by atoms with E-state index in [0.29, 0.717) is 5.41 Å². The van der Waals surface area contributed by atoms with E-state index in [0.717, 1.165) is 12.6 Å². The highest BCUT2D eigenvalue weighted by Crippen LogP contribution is 2.45. The molecular weight excluding hydrogens is 174 g/mol. The normalized spacial score (nSPS) is 23.8. The molecule has 0 saturated heterocycles. The van der Waals surface area contributed by atoms with Gasteiger partial charge in [0.2, 0.25) is 0 Å². The molecule has 0 radical (unpaired) electrons. The molecule has 2 aliphatic rings. The van der Waals surface area contributed by atoms with E-state index in [1.807, 2.05) is 6.20 Å². The van der Waals surface area contributed by atoms with E-state index in [2.05, 4.69) is 22.2 Å². The summed E-state index contributed by atoms with van der Waals surface area (Å²) in [6, 6.07) is 0.776. The fourth-order valence-corrected chi connectivity index (χ4v) is 1.72. The fourth-order valence-electron chi connectivity index (χ4n) is 1.72. The average molecular weight is 191 g/mol. The van der Waals surface area contributed by atoms with Crippen LogP contribution in [0.1, 0.15) is 44.1 Å². The Labute approximate surface area is 84.3 Å². The molecule has 0 aliphatic heterocycles. The van der Waals surface area contributed by atoms with Crippen LogP contribution >= 0.6 is 0 Å². The molecule has 0 unspecified atom stereocenters. The molecule has 3 heteroatoms. The lowest BCUT2D eigenvalue weighted by Gasteiger charge is -2.02. The molecule has 3 nitrogen and oxygen atoms in total. The van der Waals surface area contributed by atoms with Crippen LogP contribution in [0.2, 0.25) is 0 Å². The van der Waals surface area contributed by atoms with E-state index >= 15 is 0 Å². The Morgan fingerprint density at radius 1 is 1.57 bits per heavy atom. The summed E-state index contributed by atoms with van der Waals surface area (Å²) in [6.45, 7) is 3.23. The Morgan fingerprint density at radius 3 is 3.00 bits per heavy atom. The van der Waals surface area contributed by atoms with Crippen LogP contribution < -0.4 is 5.32 Å². The first-order valence-electron chi connectivity index (χ1n) is 5.54. The molecular formula is C11H17N3. The van der Waals surface area contributed by atoms with Crippen LogP contribution in [0, 0.1) is 0 Å². The Balaban J connectivity index is 1.64. The molecule has 0 spiro atoms. The number of imidazole rings is 1. The van der Waals surface area contributed by atoms with Crippen LogP contribution in [0.25, 0.3) is 0 Å². The number of aromatic nitrogens is 2. The lowest BCUT2D eigenvalue weighted by Crippen LogP contribution is -2.15. The van der Waals surface area contributed by atoms with Crippen molar-refractivity contribution in [3.05, 3.63) is 17.7 Å². The van der Waals surface area contributed by atoms with E-state index in [9.17, 15) is 0 Å². The summed E-state index contributed by atoms with van der Waals surface area (Å²) in [5.41, 5.74) is 1.61. The van der Waals surface area contributed by atoms with Crippen molar-refractivity contribution in [1.82, 2.24) is 15.3 Å². The van der Waals surface area contributed by atoms with Gasteiger partial charge in [-0.3, -0.25) is 0 Å². The first kappa shape index (κ1) is 8.48.